The van der Waals surface area contributed by atoms with E-state index < -0.39 is 12.0 Å². The van der Waals surface area contributed by atoms with Crippen LogP contribution in [0, 0.1) is 0 Å². The molecule has 0 radical (unpaired) electrons. The van der Waals surface area contributed by atoms with E-state index >= 15 is 0 Å². The highest BCUT2D eigenvalue weighted by Gasteiger charge is 2.25. The van der Waals surface area contributed by atoms with Crippen molar-refractivity contribution in [2.45, 2.75) is 44.6 Å². The number of hydrogen-bond acceptors (Lipinski definition) is 2. The van der Waals surface area contributed by atoms with E-state index in [9.17, 15) is 4.79 Å². The van der Waals surface area contributed by atoms with Crippen LogP contribution in [0.15, 0.2) is 18.2 Å². The number of carboxylic acids is 1. The van der Waals surface area contributed by atoms with Gasteiger partial charge in [-0.25, -0.2) is 0 Å². The lowest BCUT2D eigenvalue weighted by atomic mass is 9.82. The normalized spacial score (nSPS) is 18.2. The number of fused-ring (bicyclic) bond motifs is 1. The fourth-order valence-corrected chi connectivity index (χ4v) is 2.64. The molecule has 3 N–H and O–H groups in total. The average Bonchev–Trinajstić information content (AvgIpc) is 2.36. The second kappa shape index (κ2) is 4.88. The molecule has 3 nitrogen and oxygen atoms in total. The van der Waals surface area contributed by atoms with Crippen LogP contribution < -0.4 is 5.73 Å². The van der Waals surface area contributed by atoms with Crippen molar-refractivity contribution < 1.29 is 9.90 Å². The fourth-order valence-electron chi connectivity index (χ4n) is 2.64. The van der Waals surface area contributed by atoms with Gasteiger partial charge in [0.05, 0.1) is 0 Å². The predicted octanol–water partition coefficient (Wildman–Crippen LogP) is 2.08. The van der Waals surface area contributed by atoms with E-state index in [4.69, 9.17) is 10.8 Å². The van der Waals surface area contributed by atoms with Crippen molar-refractivity contribution >= 4 is 5.97 Å². The van der Waals surface area contributed by atoms with E-state index in [-0.39, 0.29) is 5.92 Å². The average molecular weight is 233 g/mol. The first-order valence-corrected chi connectivity index (χ1v) is 6.20. The molecule has 0 unspecified atom stereocenters. The Morgan fingerprint density at radius 3 is 2.76 bits per heavy atom. The second-order valence-electron chi connectivity index (χ2n) is 4.84. The number of carbonyl (C=O) groups is 1. The van der Waals surface area contributed by atoms with Crippen molar-refractivity contribution in [1.29, 1.82) is 0 Å². The maximum atomic E-state index is 11.0. The number of hydrogen-bond donors (Lipinski definition) is 2. The Morgan fingerprint density at radius 2 is 2.06 bits per heavy atom. The summed E-state index contributed by atoms with van der Waals surface area (Å²) in [6.45, 7) is 1.91. The quantitative estimate of drug-likeness (QED) is 0.840. The summed E-state index contributed by atoms with van der Waals surface area (Å²) in [5.74, 6) is -1.05. The SMILES string of the molecule is C[C@H](c1cccc2c1CCCC2)[C@H](N)C(=O)O. The largest absolute Gasteiger partial charge is 0.480 e. The number of carboxylic acid groups (broad SMARTS) is 1. The molecule has 0 heterocycles. The number of rotatable bonds is 3. The lowest BCUT2D eigenvalue weighted by Crippen LogP contribution is -2.35. The molecule has 1 aliphatic rings. The van der Waals surface area contributed by atoms with Crippen LogP contribution in [0.25, 0.3) is 0 Å². The Balaban J connectivity index is 2.35. The van der Waals surface area contributed by atoms with Gasteiger partial charge in [-0.3, -0.25) is 4.79 Å². The predicted molar refractivity (Wildman–Crippen MR) is 67.1 cm³/mol. The molecule has 1 aliphatic carbocycles. The summed E-state index contributed by atoms with van der Waals surface area (Å²) < 4.78 is 0. The van der Waals surface area contributed by atoms with E-state index in [0.29, 0.717) is 0 Å². The van der Waals surface area contributed by atoms with Gasteiger partial charge in [-0.05, 0) is 42.4 Å². The third kappa shape index (κ3) is 2.34. The van der Waals surface area contributed by atoms with Crippen LogP contribution in [-0.4, -0.2) is 17.1 Å². The van der Waals surface area contributed by atoms with E-state index in [1.165, 1.54) is 24.0 Å². The minimum atomic E-state index is -0.925. The lowest BCUT2D eigenvalue weighted by Gasteiger charge is -2.24. The third-order valence-electron chi connectivity index (χ3n) is 3.75. The molecule has 0 spiro atoms. The summed E-state index contributed by atoms with van der Waals surface area (Å²) in [5.41, 5.74) is 9.56. The summed E-state index contributed by atoms with van der Waals surface area (Å²) in [6.07, 6.45) is 4.59. The number of aliphatic carboxylic acids is 1. The van der Waals surface area contributed by atoms with Crippen LogP contribution in [0.3, 0.4) is 0 Å². The molecule has 0 saturated carbocycles. The summed E-state index contributed by atoms with van der Waals surface area (Å²) in [7, 11) is 0. The Labute approximate surface area is 102 Å². The lowest BCUT2D eigenvalue weighted by molar-refractivity contribution is -0.139. The molecule has 0 saturated heterocycles. The summed E-state index contributed by atoms with van der Waals surface area (Å²) >= 11 is 0. The van der Waals surface area contributed by atoms with Crippen LogP contribution in [-0.2, 0) is 17.6 Å². The standard InChI is InChI=1S/C14H19NO2/c1-9(13(15)14(16)17)11-8-4-6-10-5-2-3-7-12(10)11/h4,6,8-9,13H,2-3,5,7,15H2,1H3,(H,16,17)/t9-,13+/m1/s1. The zero-order valence-corrected chi connectivity index (χ0v) is 10.1. The van der Waals surface area contributed by atoms with Gasteiger partial charge in [0.25, 0.3) is 0 Å². The van der Waals surface area contributed by atoms with Gasteiger partial charge in [0.1, 0.15) is 6.04 Å². The van der Waals surface area contributed by atoms with Crippen LogP contribution in [0.2, 0.25) is 0 Å². The Hall–Kier alpha value is -1.35. The molecule has 0 aromatic heterocycles. The van der Waals surface area contributed by atoms with Crippen LogP contribution in [0.5, 0.6) is 0 Å². The fraction of sp³-hybridized carbons (Fsp3) is 0.500. The number of nitrogens with two attached hydrogens (primary N) is 1. The van der Waals surface area contributed by atoms with Crippen molar-refractivity contribution in [3.05, 3.63) is 34.9 Å². The number of aryl methyl sites for hydroxylation is 1. The van der Waals surface area contributed by atoms with Gasteiger partial charge in [0.2, 0.25) is 0 Å². The maximum Gasteiger partial charge on any atom is 0.321 e. The zero-order chi connectivity index (χ0) is 12.4. The van der Waals surface area contributed by atoms with E-state index in [1.54, 1.807) is 0 Å². The van der Waals surface area contributed by atoms with Gasteiger partial charge in [-0.1, -0.05) is 25.1 Å². The minimum absolute atomic E-state index is 0.124. The Morgan fingerprint density at radius 1 is 1.35 bits per heavy atom. The van der Waals surface area contributed by atoms with E-state index in [1.807, 2.05) is 19.1 Å². The molecule has 0 fully saturated rings. The highest BCUT2D eigenvalue weighted by Crippen LogP contribution is 2.30. The monoisotopic (exact) mass is 233 g/mol. The highest BCUT2D eigenvalue weighted by atomic mass is 16.4. The van der Waals surface area contributed by atoms with Gasteiger partial charge in [0.15, 0.2) is 0 Å². The molecule has 17 heavy (non-hydrogen) atoms. The van der Waals surface area contributed by atoms with Crippen LogP contribution >= 0.6 is 0 Å². The van der Waals surface area contributed by atoms with Gasteiger partial charge in [0, 0.05) is 5.92 Å². The molecular formula is C14H19NO2. The van der Waals surface area contributed by atoms with Gasteiger partial charge < -0.3 is 10.8 Å². The molecule has 1 aromatic rings. The van der Waals surface area contributed by atoms with Crippen molar-refractivity contribution in [2.75, 3.05) is 0 Å². The summed E-state index contributed by atoms with van der Waals surface area (Å²) in [5, 5.41) is 8.99. The van der Waals surface area contributed by atoms with E-state index in [0.717, 1.165) is 18.4 Å². The highest BCUT2D eigenvalue weighted by molar-refractivity contribution is 5.74. The number of benzene rings is 1. The molecule has 2 rings (SSSR count). The molecular weight excluding hydrogens is 214 g/mol. The van der Waals surface area contributed by atoms with Crippen molar-refractivity contribution in [1.82, 2.24) is 0 Å². The Bertz CT molecular complexity index is 428. The second-order valence-corrected chi connectivity index (χ2v) is 4.84. The summed E-state index contributed by atoms with van der Waals surface area (Å²) in [4.78, 5) is 11.0. The molecule has 2 atom stereocenters. The minimum Gasteiger partial charge on any atom is -0.480 e. The molecule has 92 valence electrons. The first kappa shape index (κ1) is 12.1. The van der Waals surface area contributed by atoms with Gasteiger partial charge in [-0.2, -0.15) is 0 Å². The Kier molecular flexibility index (Phi) is 3.48. The summed E-state index contributed by atoms with van der Waals surface area (Å²) in [6, 6.07) is 5.38. The van der Waals surface area contributed by atoms with E-state index in [2.05, 4.69) is 6.07 Å². The van der Waals surface area contributed by atoms with Crippen LogP contribution in [0.4, 0.5) is 0 Å². The van der Waals surface area contributed by atoms with Crippen LogP contribution in [0.1, 0.15) is 42.4 Å². The first-order chi connectivity index (χ1) is 8.11. The van der Waals surface area contributed by atoms with Gasteiger partial charge in [-0.15, -0.1) is 0 Å². The van der Waals surface area contributed by atoms with Crippen molar-refractivity contribution in [3.8, 4) is 0 Å². The maximum absolute atomic E-state index is 11.0. The van der Waals surface area contributed by atoms with Gasteiger partial charge >= 0.3 is 5.97 Å². The molecule has 1 aromatic carbocycles. The zero-order valence-electron chi connectivity index (χ0n) is 10.1. The third-order valence-corrected chi connectivity index (χ3v) is 3.75. The van der Waals surface area contributed by atoms with Crippen molar-refractivity contribution in [2.24, 2.45) is 5.73 Å². The molecule has 0 bridgehead atoms. The molecule has 3 heteroatoms. The first-order valence-electron chi connectivity index (χ1n) is 6.20. The molecule has 0 aliphatic heterocycles. The molecule has 0 amide bonds. The smallest absolute Gasteiger partial charge is 0.321 e. The topological polar surface area (TPSA) is 63.3 Å². The van der Waals surface area contributed by atoms with Crippen molar-refractivity contribution in [3.63, 3.8) is 0 Å².